The molecule has 2 heterocycles. The van der Waals surface area contributed by atoms with E-state index in [1.807, 2.05) is 29.5 Å². The molecule has 0 saturated carbocycles. The second kappa shape index (κ2) is 6.29. The zero-order valence-corrected chi connectivity index (χ0v) is 11.1. The molecule has 2 rings (SSSR count). The minimum atomic E-state index is 0.471. The molecule has 0 bridgehead atoms. The minimum absolute atomic E-state index is 0.471. The molecule has 0 saturated heterocycles. The molecule has 0 aromatic carbocycles. The van der Waals surface area contributed by atoms with Crippen LogP contribution in [0.3, 0.4) is 0 Å². The second-order valence-electron chi connectivity index (χ2n) is 3.99. The summed E-state index contributed by atoms with van der Waals surface area (Å²) in [5, 5.41) is 12.1. The lowest BCUT2D eigenvalue weighted by Crippen LogP contribution is -2.11. The maximum atomic E-state index is 8.76. The molecule has 0 fully saturated rings. The number of aromatic nitrogens is 1. The van der Waals surface area contributed by atoms with E-state index in [0.29, 0.717) is 5.69 Å². The largest absolute Gasteiger partial charge is 0.308 e. The molecule has 0 atom stereocenters. The molecule has 2 aromatic heterocycles. The summed E-state index contributed by atoms with van der Waals surface area (Å²) in [5.41, 5.74) is 1.56. The first kappa shape index (κ1) is 12.7. The summed E-state index contributed by atoms with van der Waals surface area (Å²) in [7, 11) is 0. The lowest BCUT2D eigenvalue weighted by Gasteiger charge is -2.03. The van der Waals surface area contributed by atoms with Gasteiger partial charge in [0, 0.05) is 29.0 Å². The Morgan fingerprint density at radius 2 is 2.11 bits per heavy atom. The summed E-state index contributed by atoms with van der Waals surface area (Å²) in [6.07, 6.45) is 2.77. The van der Waals surface area contributed by atoms with Gasteiger partial charge in [-0.2, -0.15) is 5.26 Å². The van der Waals surface area contributed by atoms with Gasteiger partial charge >= 0.3 is 0 Å². The normalized spacial score (nSPS) is 10.2. The van der Waals surface area contributed by atoms with Crippen molar-refractivity contribution in [3.05, 3.63) is 51.5 Å². The van der Waals surface area contributed by atoms with Crippen LogP contribution in [0.1, 0.15) is 27.9 Å². The van der Waals surface area contributed by atoms with Crippen LogP contribution >= 0.6 is 11.3 Å². The summed E-state index contributed by atoms with van der Waals surface area (Å²) < 4.78 is 0. The van der Waals surface area contributed by atoms with Gasteiger partial charge in [0.15, 0.2) is 0 Å². The molecule has 1 N–H and O–H groups in total. The lowest BCUT2D eigenvalue weighted by atomic mass is 10.2. The molecular formula is C14H15N3S. The molecular weight excluding hydrogens is 242 g/mol. The highest BCUT2D eigenvalue weighted by Crippen LogP contribution is 2.16. The van der Waals surface area contributed by atoms with E-state index in [4.69, 9.17) is 5.26 Å². The number of pyridine rings is 1. The molecule has 0 aliphatic heterocycles. The van der Waals surface area contributed by atoms with Crippen molar-refractivity contribution in [3.63, 3.8) is 0 Å². The molecule has 3 nitrogen and oxygen atoms in total. The standard InChI is InChI=1S/C14H15N3S/c1-2-13-3-4-14(18-13)10-16-9-11-5-6-17-12(7-11)8-15/h3-7,16H,2,9-10H2,1H3. The topological polar surface area (TPSA) is 48.7 Å². The molecule has 4 heteroatoms. The van der Waals surface area contributed by atoms with Crippen molar-refractivity contribution >= 4 is 11.3 Å². The van der Waals surface area contributed by atoms with Crippen molar-refractivity contribution in [2.75, 3.05) is 0 Å². The maximum Gasteiger partial charge on any atom is 0.140 e. The van der Waals surface area contributed by atoms with Crippen LogP contribution < -0.4 is 5.32 Å². The first-order chi connectivity index (χ1) is 8.81. The fraction of sp³-hybridized carbons (Fsp3) is 0.286. The summed E-state index contributed by atoms with van der Waals surface area (Å²) in [4.78, 5) is 6.72. The summed E-state index contributed by atoms with van der Waals surface area (Å²) >= 11 is 1.85. The van der Waals surface area contributed by atoms with Gasteiger partial charge in [-0.15, -0.1) is 11.3 Å². The molecule has 0 unspecified atom stereocenters. The Labute approximate surface area is 111 Å². The van der Waals surface area contributed by atoms with Crippen molar-refractivity contribution in [2.24, 2.45) is 0 Å². The van der Waals surface area contributed by atoms with E-state index in [1.165, 1.54) is 9.75 Å². The lowest BCUT2D eigenvalue weighted by molar-refractivity contribution is 0.700. The Morgan fingerprint density at radius 3 is 2.83 bits per heavy atom. The van der Waals surface area contributed by atoms with E-state index in [1.54, 1.807) is 6.20 Å². The van der Waals surface area contributed by atoms with Gasteiger partial charge in [-0.1, -0.05) is 6.92 Å². The second-order valence-corrected chi connectivity index (χ2v) is 5.24. The van der Waals surface area contributed by atoms with E-state index in [9.17, 15) is 0 Å². The Hall–Kier alpha value is -1.70. The van der Waals surface area contributed by atoms with E-state index in [2.05, 4.69) is 29.4 Å². The third-order valence-corrected chi connectivity index (χ3v) is 3.86. The van der Waals surface area contributed by atoms with E-state index in [0.717, 1.165) is 25.1 Å². The molecule has 0 amide bonds. The molecule has 92 valence electrons. The fourth-order valence-corrected chi connectivity index (χ4v) is 2.61. The van der Waals surface area contributed by atoms with Crippen LogP contribution in [0.5, 0.6) is 0 Å². The predicted octanol–water partition coefficient (Wildman–Crippen LogP) is 2.87. The first-order valence-electron chi connectivity index (χ1n) is 5.95. The zero-order valence-electron chi connectivity index (χ0n) is 10.3. The Kier molecular flexibility index (Phi) is 4.46. The number of rotatable bonds is 5. The van der Waals surface area contributed by atoms with Gasteiger partial charge in [0.1, 0.15) is 11.8 Å². The number of nitrogens with zero attached hydrogens (tertiary/aromatic N) is 2. The molecule has 2 aromatic rings. The van der Waals surface area contributed by atoms with Crippen LogP contribution in [0.4, 0.5) is 0 Å². The summed E-state index contributed by atoms with van der Waals surface area (Å²) in [6, 6.07) is 10.2. The molecule has 0 aliphatic carbocycles. The van der Waals surface area contributed by atoms with E-state index >= 15 is 0 Å². The number of nitrogens with one attached hydrogen (secondary N) is 1. The fourth-order valence-electron chi connectivity index (χ4n) is 1.68. The van der Waals surface area contributed by atoms with Crippen LogP contribution in [0, 0.1) is 11.3 Å². The van der Waals surface area contributed by atoms with Crippen molar-refractivity contribution in [1.82, 2.24) is 10.3 Å². The number of thiophene rings is 1. The highest BCUT2D eigenvalue weighted by atomic mass is 32.1. The van der Waals surface area contributed by atoms with Crippen LogP contribution in [0.2, 0.25) is 0 Å². The van der Waals surface area contributed by atoms with Crippen molar-refractivity contribution in [3.8, 4) is 6.07 Å². The van der Waals surface area contributed by atoms with Gasteiger partial charge in [0.2, 0.25) is 0 Å². The SMILES string of the molecule is CCc1ccc(CNCc2ccnc(C#N)c2)s1. The van der Waals surface area contributed by atoms with Gasteiger partial charge in [-0.25, -0.2) is 4.98 Å². The third-order valence-electron chi connectivity index (χ3n) is 2.63. The van der Waals surface area contributed by atoms with Gasteiger partial charge < -0.3 is 5.32 Å². The average molecular weight is 257 g/mol. The van der Waals surface area contributed by atoms with Gasteiger partial charge in [-0.05, 0) is 36.2 Å². The molecule has 0 aliphatic rings. The van der Waals surface area contributed by atoms with E-state index in [-0.39, 0.29) is 0 Å². The summed E-state index contributed by atoms with van der Waals surface area (Å²) in [6.45, 7) is 3.80. The molecule has 18 heavy (non-hydrogen) atoms. The monoisotopic (exact) mass is 257 g/mol. The number of nitriles is 1. The smallest absolute Gasteiger partial charge is 0.140 e. The van der Waals surface area contributed by atoms with Gasteiger partial charge in [-0.3, -0.25) is 0 Å². The van der Waals surface area contributed by atoms with Crippen molar-refractivity contribution in [2.45, 2.75) is 26.4 Å². The van der Waals surface area contributed by atoms with Gasteiger partial charge in [0.05, 0.1) is 0 Å². The van der Waals surface area contributed by atoms with Gasteiger partial charge in [0.25, 0.3) is 0 Å². The number of aryl methyl sites for hydroxylation is 1. The highest BCUT2D eigenvalue weighted by Gasteiger charge is 1.99. The Balaban J connectivity index is 1.86. The summed E-state index contributed by atoms with van der Waals surface area (Å²) in [5.74, 6) is 0. The van der Waals surface area contributed by atoms with Crippen LogP contribution in [-0.2, 0) is 19.5 Å². The number of hydrogen-bond donors (Lipinski definition) is 1. The quantitative estimate of drug-likeness (QED) is 0.896. The first-order valence-corrected chi connectivity index (χ1v) is 6.77. The average Bonchev–Trinajstić information content (AvgIpc) is 2.87. The van der Waals surface area contributed by atoms with Crippen LogP contribution in [0.15, 0.2) is 30.5 Å². The Bertz CT molecular complexity index is 554. The van der Waals surface area contributed by atoms with Crippen LogP contribution in [-0.4, -0.2) is 4.98 Å². The Morgan fingerprint density at radius 1 is 1.28 bits per heavy atom. The zero-order chi connectivity index (χ0) is 12.8. The maximum absolute atomic E-state index is 8.76. The van der Waals surface area contributed by atoms with Crippen LogP contribution in [0.25, 0.3) is 0 Å². The van der Waals surface area contributed by atoms with Crippen molar-refractivity contribution < 1.29 is 0 Å². The predicted molar refractivity (Wildman–Crippen MR) is 73.2 cm³/mol. The number of hydrogen-bond acceptors (Lipinski definition) is 4. The molecule has 0 spiro atoms. The highest BCUT2D eigenvalue weighted by molar-refractivity contribution is 7.11. The molecule has 0 radical (unpaired) electrons. The van der Waals surface area contributed by atoms with Crippen molar-refractivity contribution in [1.29, 1.82) is 5.26 Å². The van der Waals surface area contributed by atoms with E-state index < -0.39 is 0 Å². The third kappa shape index (κ3) is 3.39. The minimum Gasteiger partial charge on any atom is -0.308 e.